The van der Waals surface area contributed by atoms with Crippen molar-refractivity contribution >= 4 is 6.03 Å². The second-order valence-corrected chi connectivity index (χ2v) is 6.05. The number of methoxy groups -OCH3 is 2. The molecule has 3 atom stereocenters. The Balaban J connectivity index is 1.98. The van der Waals surface area contributed by atoms with Crippen molar-refractivity contribution in [2.24, 2.45) is 5.92 Å². The van der Waals surface area contributed by atoms with Gasteiger partial charge in [0.05, 0.1) is 19.3 Å². The maximum absolute atomic E-state index is 13.8. The summed E-state index contributed by atoms with van der Waals surface area (Å²) in [6.07, 6.45) is 0.973. The fourth-order valence-corrected chi connectivity index (χ4v) is 2.84. The molecule has 1 heterocycles. The predicted octanol–water partition coefficient (Wildman–Crippen LogP) is 2.96. The topological polar surface area (TPSA) is 50.8 Å². The third-order valence-corrected chi connectivity index (χ3v) is 4.50. The minimum atomic E-state index is -0.433. The molecule has 6 heteroatoms. The molecule has 0 aliphatic carbocycles. The number of hydrogen-bond donors (Lipinski definition) is 1. The van der Waals surface area contributed by atoms with E-state index in [0.717, 1.165) is 6.42 Å². The summed E-state index contributed by atoms with van der Waals surface area (Å²) in [5.41, 5.74) is 0.699. The summed E-state index contributed by atoms with van der Waals surface area (Å²) in [6.45, 7) is 5.25. The van der Waals surface area contributed by atoms with Crippen LogP contribution in [0.2, 0.25) is 0 Å². The van der Waals surface area contributed by atoms with Crippen LogP contribution in [0.1, 0.15) is 31.9 Å². The SMILES string of the molecule is COc1ccc([C@H](C)NC(=O)N2CC[C@H](C)[C@H](OC)C2)cc1F. The van der Waals surface area contributed by atoms with Crippen molar-refractivity contribution in [3.63, 3.8) is 0 Å². The van der Waals surface area contributed by atoms with Gasteiger partial charge in [0.1, 0.15) is 0 Å². The summed E-state index contributed by atoms with van der Waals surface area (Å²) in [7, 11) is 3.10. The van der Waals surface area contributed by atoms with Gasteiger partial charge in [0.2, 0.25) is 0 Å². The summed E-state index contributed by atoms with van der Waals surface area (Å²) < 4.78 is 24.1. The van der Waals surface area contributed by atoms with Gasteiger partial charge in [-0.2, -0.15) is 0 Å². The first-order valence-electron chi connectivity index (χ1n) is 7.88. The second-order valence-electron chi connectivity index (χ2n) is 6.05. The molecule has 1 aromatic carbocycles. The number of hydrogen-bond acceptors (Lipinski definition) is 3. The molecule has 128 valence electrons. The van der Waals surface area contributed by atoms with Crippen LogP contribution in [0.4, 0.5) is 9.18 Å². The van der Waals surface area contributed by atoms with Crippen LogP contribution in [0, 0.1) is 11.7 Å². The summed E-state index contributed by atoms with van der Waals surface area (Å²) in [4.78, 5) is 14.2. The Labute approximate surface area is 136 Å². The van der Waals surface area contributed by atoms with Crippen molar-refractivity contribution < 1.29 is 18.7 Å². The molecule has 1 fully saturated rings. The Morgan fingerprint density at radius 2 is 2.17 bits per heavy atom. The quantitative estimate of drug-likeness (QED) is 0.926. The van der Waals surface area contributed by atoms with Gasteiger partial charge in [0.25, 0.3) is 0 Å². The number of benzene rings is 1. The monoisotopic (exact) mass is 324 g/mol. The standard InChI is InChI=1S/C17H25FN2O3/c1-11-7-8-20(10-16(11)23-4)17(21)19-12(2)13-5-6-15(22-3)14(18)9-13/h5-6,9,11-12,16H,7-8,10H2,1-4H3,(H,19,21)/t11-,12-,16+/m0/s1. The highest BCUT2D eigenvalue weighted by molar-refractivity contribution is 5.74. The van der Waals surface area contributed by atoms with Crippen molar-refractivity contribution in [3.8, 4) is 5.75 Å². The molecule has 0 bridgehead atoms. The normalized spacial score (nSPS) is 22.6. The third-order valence-electron chi connectivity index (χ3n) is 4.50. The Kier molecular flexibility index (Phi) is 5.82. The van der Waals surface area contributed by atoms with Gasteiger partial charge in [-0.1, -0.05) is 13.0 Å². The fourth-order valence-electron chi connectivity index (χ4n) is 2.84. The maximum Gasteiger partial charge on any atom is 0.317 e. The van der Waals surface area contributed by atoms with E-state index >= 15 is 0 Å². The smallest absolute Gasteiger partial charge is 0.317 e. The van der Waals surface area contributed by atoms with E-state index < -0.39 is 5.82 Å². The number of urea groups is 1. The van der Waals surface area contributed by atoms with Crippen LogP contribution in [0.5, 0.6) is 5.75 Å². The highest BCUT2D eigenvalue weighted by Crippen LogP contribution is 2.23. The van der Waals surface area contributed by atoms with Gasteiger partial charge in [-0.05, 0) is 37.0 Å². The van der Waals surface area contributed by atoms with E-state index in [0.29, 0.717) is 24.6 Å². The molecule has 1 aliphatic rings. The van der Waals surface area contributed by atoms with E-state index in [-0.39, 0.29) is 23.9 Å². The molecule has 1 aromatic rings. The first kappa shape index (κ1) is 17.5. The lowest BCUT2D eigenvalue weighted by atomic mass is 9.96. The van der Waals surface area contributed by atoms with E-state index in [4.69, 9.17) is 9.47 Å². The lowest BCUT2D eigenvalue weighted by molar-refractivity contribution is 0.00689. The minimum absolute atomic E-state index is 0.0586. The Hall–Kier alpha value is -1.82. The predicted molar refractivity (Wildman–Crippen MR) is 86.0 cm³/mol. The molecule has 2 rings (SSSR count). The zero-order chi connectivity index (χ0) is 17.0. The number of rotatable bonds is 4. The molecule has 2 amide bonds. The van der Waals surface area contributed by atoms with Crippen LogP contribution in [-0.2, 0) is 4.74 Å². The van der Waals surface area contributed by atoms with Crippen molar-refractivity contribution in [1.82, 2.24) is 10.2 Å². The number of nitrogens with zero attached hydrogens (tertiary/aromatic N) is 1. The number of carbonyl (C=O) groups excluding carboxylic acids is 1. The summed E-state index contributed by atoms with van der Waals surface area (Å²) in [5, 5.41) is 2.91. The molecule has 23 heavy (non-hydrogen) atoms. The van der Waals surface area contributed by atoms with E-state index in [1.807, 2.05) is 6.92 Å². The zero-order valence-electron chi connectivity index (χ0n) is 14.1. The number of ether oxygens (including phenoxy) is 2. The van der Waals surface area contributed by atoms with Crippen molar-refractivity contribution in [2.75, 3.05) is 27.3 Å². The van der Waals surface area contributed by atoms with Crippen LogP contribution < -0.4 is 10.1 Å². The van der Waals surface area contributed by atoms with E-state index in [9.17, 15) is 9.18 Å². The fraction of sp³-hybridized carbons (Fsp3) is 0.588. The maximum atomic E-state index is 13.8. The van der Waals surface area contributed by atoms with Gasteiger partial charge in [-0.3, -0.25) is 0 Å². The lowest BCUT2D eigenvalue weighted by Crippen LogP contribution is -2.50. The molecular formula is C17H25FN2O3. The minimum Gasteiger partial charge on any atom is -0.494 e. The molecule has 0 saturated carbocycles. The molecule has 1 saturated heterocycles. The highest BCUT2D eigenvalue weighted by atomic mass is 19.1. The highest BCUT2D eigenvalue weighted by Gasteiger charge is 2.29. The van der Waals surface area contributed by atoms with Gasteiger partial charge < -0.3 is 19.7 Å². The van der Waals surface area contributed by atoms with E-state index in [1.165, 1.54) is 13.2 Å². The van der Waals surface area contributed by atoms with Gasteiger partial charge in [-0.15, -0.1) is 0 Å². The number of likely N-dealkylation sites (tertiary alicyclic amines) is 1. The van der Waals surface area contributed by atoms with Gasteiger partial charge in [0, 0.05) is 20.2 Å². The number of piperidine rings is 1. The molecule has 0 radical (unpaired) electrons. The molecule has 0 unspecified atom stereocenters. The summed E-state index contributed by atoms with van der Waals surface area (Å²) >= 11 is 0. The van der Waals surface area contributed by atoms with Gasteiger partial charge in [0.15, 0.2) is 11.6 Å². The summed E-state index contributed by atoms with van der Waals surface area (Å²) in [5.74, 6) is 0.203. The second kappa shape index (κ2) is 7.64. The van der Waals surface area contributed by atoms with Crippen LogP contribution in [0.3, 0.4) is 0 Å². The first-order chi connectivity index (χ1) is 11.0. The van der Waals surface area contributed by atoms with Crippen LogP contribution in [0.15, 0.2) is 18.2 Å². The molecule has 0 spiro atoms. The molecule has 0 aromatic heterocycles. The Morgan fingerprint density at radius 3 is 2.78 bits per heavy atom. The Morgan fingerprint density at radius 1 is 1.43 bits per heavy atom. The van der Waals surface area contributed by atoms with Crippen LogP contribution >= 0.6 is 0 Å². The van der Waals surface area contributed by atoms with Crippen molar-refractivity contribution in [3.05, 3.63) is 29.6 Å². The van der Waals surface area contributed by atoms with Gasteiger partial charge >= 0.3 is 6.03 Å². The number of amides is 2. The van der Waals surface area contributed by atoms with E-state index in [1.54, 1.807) is 24.1 Å². The Bertz CT molecular complexity index is 553. The zero-order valence-corrected chi connectivity index (χ0v) is 14.1. The molecular weight excluding hydrogens is 299 g/mol. The van der Waals surface area contributed by atoms with Crippen LogP contribution in [-0.4, -0.2) is 44.3 Å². The first-order valence-corrected chi connectivity index (χ1v) is 7.88. The van der Waals surface area contributed by atoms with Gasteiger partial charge in [-0.25, -0.2) is 9.18 Å². The molecule has 1 N–H and O–H groups in total. The lowest BCUT2D eigenvalue weighted by Gasteiger charge is -2.36. The molecule has 1 aliphatic heterocycles. The average molecular weight is 324 g/mol. The van der Waals surface area contributed by atoms with Crippen molar-refractivity contribution in [2.45, 2.75) is 32.4 Å². The largest absolute Gasteiger partial charge is 0.494 e. The van der Waals surface area contributed by atoms with Crippen LogP contribution in [0.25, 0.3) is 0 Å². The average Bonchev–Trinajstić information content (AvgIpc) is 2.54. The van der Waals surface area contributed by atoms with Crippen molar-refractivity contribution in [1.29, 1.82) is 0 Å². The number of nitrogens with one attached hydrogen (secondary N) is 1. The number of carbonyl (C=O) groups is 1. The summed E-state index contributed by atoms with van der Waals surface area (Å²) in [6, 6.07) is 4.27. The third kappa shape index (κ3) is 4.13. The van der Waals surface area contributed by atoms with E-state index in [2.05, 4.69) is 12.2 Å². The number of halogens is 1. The molecule has 5 nitrogen and oxygen atoms in total.